The highest BCUT2D eigenvalue weighted by Crippen LogP contribution is 2.33. The molecule has 1 aromatic carbocycles. The van der Waals surface area contributed by atoms with Gasteiger partial charge >= 0.3 is 0 Å². The molecule has 0 aliphatic carbocycles. The van der Waals surface area contributed by atoms with Gasteiger partial charge in [0.05, 0.1) is 20.3 Å². The van der Waals surface area contributed by atoms with Crippen LogP contribution in [-0.4, -0.2) is 40.5 Å². The molecule has 4 nitrogen and oxygen atoms in total. The molecular formula is C15H23NO3. The van der Waals surface area contributed by atoms with Gasteiger partial charge in [0.1, 0.15) is 0 Å². The molecule has 1 fully saturated rings. The minimum absolute atomic E-state index is 0.219. The first-order valence-corrected chi connectivity index (χ1v) is 6.78. The Bertz CT molecular complexity index is 389. The Hall–Kier alpha value is -1.26. The lowest BCUT2D eigenvalue weighted by Gasteiger charge is -2.27. The van der Waals surface area contributed by atoms with Gasteiger partial charge in [0, 0.05) is 18.6 Å². The molecule has 1 saturated heterocycles. The van der Waals surface area contributed by atoms with Crippen LogP contribution < -0.4 is 14.8 Å². The van der Waals surface area contributed by atoms with E-state index < -0.39 is 0 Å². The number of benzene rings is 1. The summed E-state index contributed by atoms with van der Waals surface area (Å²) < 4.78 is 16.7. The molecule has 0 spiro atoms. The highest BCUT2D eigenvalue weighted by atomic mass is 16.5. The molecule has 1 N–H and O–H groups in total. The van der Waals surface area contributed by atoms with Gasteiger partial charge in [-0.1, -0.05) is 12.1 Å². The second-order valence-electron chi connectivity index (χ2n) is 5.08. The summed E-state index contributed by atoms with van der Waals surface area (Å²) in [6.07, 6.45) is 2.09. The van der Waals surface area contributed by atoms with Crippen molar-refractivity contribution >= 4 is 0 Å². The maximum Gasteiger partial charge on any atom is 0.161 e. The first kappa shape index (κ1) is 14.2. The lowest BCUT2D eigenvalue weighted by molar-refractivity contribution is 0.129. The van der Waals surface area contributed by atoms with Gasteiger partial charge in [0.2, 0.25) is 0 Å². The van der Waals surface area contributed by atoms with E-state index in [9.17, 15) is 0 Å². The van der Waals surface area contributed by atoms with Crippen molar-refractivity contribution in [3.8, 4) is 11.5 Å². The van der Waals surface area contributed by atoms with Gasteiger partial charge in [-0.2, -0.15) is 0 Å². The summed E-state index contributed by atoms with van der Waals surface area (Å²) in [5, 5.41) is 3.26. The van der Waals surface area contributed by atoms with Crippen LogP contribution in [0, 0.1) is 5.41 Å². The molecular weight excluding hydrogens is 242 g/mol. The van der Waals surface area contributed by atoms with Crippen LogP contribution in [0.15, 0.2) is 24.3 Å². The average molecular weight is 265 g/mol. The van der Waals surface area contributed by atoms with Crippen LogP contribution in [0.1, 0.15) is 12.8 Å². The monoisotopic (exact) mass is 265 g/mol. The number of methoxy groups -OCH3 is 1. The lowest BCUT2D eigenvalue weighted by atomic mass is 9.84. The molecule has 4 heteroatoms. The van der Waals surface area contributed by atoms with Gasteiger partial charge in [-0.05, 0) is 32.0 Å². The van der Waals surface area contributed by atoms with Crippen LogP contribution in [0.4, 0.5) is 0 Å². The standard InChI is InChI=1S/C15H23NO3/c1-16-11-15(7-9-18-12-15)8-10-19-14-6-4-3-5-13(14)17-2/h3-6,16H,7-12H2,1-2H3. The van der Waals surface area contributed by atoms with Crippen molar-refractivity contribution in [3.05, 3.63) is 24.3 Å². The highest BCUT2D eigenvalue weighted by molar-refractivity contribution is 5.39. The smallest absolute Gasteiger partial charge is 0.161 e. The molecule has 1 aliphatic rings. The molecule has 1 aliphatic heterocycles. The molecule has 1 aromatic rings. The SMILES string of the molecule is CNCC1(CCOc2ccccc2OC)CCOC1. The van der Waals surface area contributed by atoms with Gasteiger partial charge in [0.25, 0.3) is 0 Å². The van der Waals surface area contributed by atoms with Crippen molar-refractivity contribution < 1.29 is 14.2 Å². The zero-order valence-electron chi connectivity index (χ0n) is 11.8. The molecule has 1 atom stereocenters. The van der Waals surface area contributed by atoms with Crippen LogP contribution in [-0.2, 0) is 4.74 Å². The predicted octanol–water partition coefficient (Wildman–Crippen LogP) is 2.09. The Morgan fingerprint density at radius 3 is 2.74 bits per heavy atom. The molecule has 2 rings (SSSR count). The lowest BCUT2D eigenvalue weighted by Crippen LogP contribution is -2.34. The predicted molar refractivity (Wildman–Crippen MR) is 74.9 cm³/mol. The molecule has 1 heterocycles. The number of rotatable bonds is 7. The van der Waals surface area contributed by atoms with Crippen LogP contribution in [0.5, 0.6) is 11.5 Å². The minimum atomic E-state index is 0.219. The molecule has 0 saturated carbocycles. The molecule has 106 valence electrons. The summed E-state index contributed by atoms with van der Waals surface area (Å²) in [5.74, 6) is 1.59. The van der Waals surface area contributed by atoms with E-state index >= 15 is 0 Å². The third-order valence-corrected chi connectivity index (χ3v) is 3.70. The fourth-order valence-electron chi connectivity index (χ4n) is 2.57. The van der Waals surface area contributed by atoms with Crippen LogP contribution in [0.3, 0.4) is 0 Å². The van der Waals surface area contributed by atoms with Crippen molar-refractivity contribution in [1.82, 2.24) is 5.32 Å². The first-order chi connectivity index (χ1) is 9.29. The molecule has 0 bridgehead atoms. The Morgan fingerprint density at radius 1 is 1.32 bits per heavy atom. The third-order valence-electron chi connectivity index (χ3n) is 3.70. The maximum atomic E-state index is 5.85. The van der Waals surface area contributed by atoms with Crippen LogP contribution in [0.2, 0.25) is 0 Å². The second kappa shape index (κ2) is 6.78. The minimum Gasteiger partial charge on any atom is -0.493 e. The fraction of sp³-hybridized carbons (Fsp3) is 0.600. The zero-order chi connectivity index (χ0) is 13.6. The Labute approximate surface area is 115 Å². The van der Waals surface area contributed by atoms with Gasteiger partial charge in [-0.3, -0.25) is 0 Å². The number of nitrogens with one attached hydrogen (secondary N) is 1. The summed E-state index contributed by atoms with van der Waals surface area (Å²) in [7, 11) is 3.65. The van der Waals surface area contributed by atoms with E-state index in [2.05, 4.69) is 5.32 Å². The highest BCUT2D eigenvalue weighted by Gasteiger charge is 2.34. The van der Waals surface area contributed by atoms with Crippen LogP contribution >= 0.6 is 0 Å². The summed E-state index contributed by atoms with van der Waals surface area (Å²) in [4.78, 5) is 0. The van der Waals surface area contributed by atoms with Crippen molar-refractivity contribution in [2.24, 2.45) is 5.41 Å². The third kappa shape index (κ3) is 3.61. The van der Waals surface area contributed by atoms with E-state index in [4.69, 9.17) is 14.2 Å². The molecule has 1 unspecified atom stereocenters. The summed E-state index contributed by atoms with van der Waals surface area (Å²) in [6.45, 7) is 3.34. The largest absolute Gasteiger partial charge is 0.493 e. The average Bonchev–Trinajstić information content (AvgIpc) is 2.88. The van der Waals surface area contributed by atoms with E-state index in [0.717, 1.165) is 44.1 Å². The van der Waals surface area contributed by atoms with Gasteiger partial charge in [-0.25, -0.2) is 0 Å². The Kier molecular flexibility index (Phi) is 5.05. The quantitative estimate of drug-likeness (QED) is 0.819. The van der Waals surface area contributed by atoms with E-state index in [0.29, 0.717) is 6.61 Å². The Balaban J connectivity index is 1.88. The van der Waals surface area contributed by atoms with Crippen molar-refractivity contribution in [2.75, 3.05) is 40.5 Å². The Morgan fingerprint density at radius 2 is 2.11 bits per heavy atom. The van der Waals surface area contributed by atoms with Gasteiger partial charge in [-0.15, -0.1) is 0 Å². The number of para-hydroxylation sites is 2. The first-order valence-electron chi connectivity index (χ1n) is 6.78. The number of ether oxygens (including phenoxy) is 3. The topological polar surface area (TPSA) is 39.7 Å². The molecule has 19 heavy (non-hydrogen) atoms. The van der Waals surface area contributed by atoms with E-state index in [1.165, 1.54) is 0 Å². The molecule has 0 aromatic heterocycles. The van der Waals surface area contributed by atoms with E-state index in [1.807, 2.05) is 31.3 Å². The van der Waals surface area contributed by atoms with Crippen molar-refractivity contribution in [2.45, 2.75) is 12.8 Å². The number of hydrogen-bond donors (Lipinski definition) is 1. The second-order valence-corrected chi connectivity index (χ2v) is 5.08. The van der Waals surface area contributed by atoms with Gasteiger partial charge < -0.3 is 19.5 Å². The summed E-state index contributed by atoms with van der Waals surface area (Å²) in [6, 6.07) is 7.75. The summed E-state index contributed by atoms with van der Waals surface area (Å²) >= 11 is 0. The summed E-state index contributed by atoms with van der Waals surface area (Å²) in [5.41, 5.74) is 0.219. The van der Waals surface area contributed by atoms with E-state index in [-0.39, 0.29) is 5.41 Å². The van der Waals surface area contributed by atoms with Crippen molar-refractivity contribution in [1.29, 1.82) is 0 Å². The molecule has 0 amide bonds. The normalized spacial score (nSPS) is 22.4. The van der Waals surface area contributed by atoms with Crippen LogP contribution in [0.25, 0.3) is 0 Å². The molecule has 0 radical (unpaired) electrons. The number of hydrogen-bond acceptors (Lipinski definition) is 4. The van der Waals surface area contributed by atoms with E-state index in [1.54, 1.807) is 7.11 Å². The zero-order valence-corrected chi connectivity index (χ0v) is 11.8. The van der Waals surface area contributed by atoms with Gasteiger partial charge in [0.15, 0.2) is 11.5 Å². The fourth-order valence-corrected chi connectivity index (χ4v) is 2.57. The maximum absolute atomic E-state index is 5.85. The van der Waals surface area contributed by atoms with Crippen molar-refractivity contribution in [3.63, 3.8) is 0 Å².